The van der Waals surface area contributed by atoms with E-state index in [0.29, 0.717) is 5.69 Å². The highest BCUT2D eigenvalue weighted by Crippen LogP contribution is 2.20. The third-order valence-electron chi connectivity index (χ3n) is 2.47. The van der Waals surface area contributed by atoms with Gasteiger partial charge >= 0.3 is 0 Å². The Hall–Kier alpha value is -1.62. The zero-order chi connectivity index (χ0) is 12.4. The van der Waals surface area contributed by atoms with Crippen LogP contribution in [-0.2, 0) is 7.05 Å². The molecule has 1 amide bonds. The van der Waals surface area contributed by atoms with Gasteiger partial charge in [0.15, 0.2) is 0 Å². The van der Waals surface area contributed by atoms with Gasteiger partial charge in [-0.1, -0.05) is 15.9 Å². The van der Waals surface area contributed by atoms with Crippen molar-refractivity contribution in [3.8, 4) is 0 Å². The second-order valence-electron chi connectivity index (χ2n) is 3.81. The molecule has 5 heteroatoms. The Morgan fingerprint density at radius 2 is 2.24 bits per heavy atom. The van der Waals surface area contributed by atoms with Gasteiger partial charge in [-0.15, -0.1) is 0 Å². The number of nitrogens with one attached hydrogen (secondary N) is 1. The van der Waals surface area contributed by atoms with Crippen LogP contribution in [-0.4, -0.2) is 15.5 Å². The van der Waals surface area contributed by atoms with Crippen LogP contribution in [0.25, 0.3) is 0 Å². The third-order valence-corrected chi connectivity index (χ3v) is 3.35. The molecule has 0 spiro atoms. The van der Waals surface area contributed by atoms with Crippen molar-refractivity contribution in [2.45, 2.75) is 6.92 Å². The summed E-state index contributed by atoms with van der Waals surface area (Å²) in [4.78, 5) is 15.8. The molecule has 0 saturated carbocycles. The molecule has 0 aliphatic rings. The van der Waals surface area contributed by atoms with Gasteiger partial charge in [-0.2, -0.15) is 0 Å². The first-order valence-electron chi connectivity index (χ1n) is 5.12. The highest BCUT2D eigenvalue weighted by Gasteiger charge is 2.10. The predicted molar refractivity (Wildman–Crippen MR) is 70.0 cm³/mol. The summed E-state index contributed by atoms with van der Waals surface area (Å²) >= 11 is 3.42. The molecule has 1 heterocycles. The number of carbonyl (C=O) groups excluding carboxylic acids is 1. The van der Waals surface area contributed by atoms with Crippen molar-refractivity contribution >= 4 is 27.5 Å². The lowest BCUT2D eigenvalue weighted by Crippen LogP contribution is -2.15. The van der Waals surface area contributed by atoms with Crippen LogP contribution in [0.4, 0.5) is 5.69 Å². The van der Waals surface area contributed by atoms with Crippen LogP contribution in [0.15, 0.2) is 35.2 Å². The second-order valence-corrected chi connectivity index (χ2v) is 4.66. The van der Waals surface area contributed by atoms with E-state index in [2.05, 4.69) is 26.2 Å². The lowest BCUT2D eigenvalue weighted by Gasteiger charge is -2.07. The van der Waals surface area contributed by atoms with Crippen LogP contribution in [0.3, 0.4) is 0 Å². The van der Waals surface area contributed by atoms with E-state index >= 15 is 0 Å². The molecular weight excluding hydrogens is 282 g/mol. The number of aromatic nitrogens is 2. The van der Waals surface area contributed by atoms with Gasteiger partial charge in [0.1, 0.15) is 5.69 Å². The molecule has 17 heavy (non-hydrogen) atoms. The number of benzene rings is 1. The number of imidazole rings is 1. The average Bonchev–Trinajstić information content (AvgIpc) is 2.70. The van der Waals surface area contributed by atoms with E-state index in [1.165, 1.54) is 0 Å². The van der Waals surface area contributed by atoms with Crippen LogP contribution in [0.2, 0.25) is 0 Å². The fourth-order valence-corrected chi connectivity index (χ4v) is 1.74. The normalized spacial score (nSPS) is 10.3. The number of aryl methyl sites for hydroxylation is 2. The molecule has 88 valence electrons. The van der Waals surface area contributed by atoms with Gasteiger partial charge < -0.3 is 9.88 Å². The molecule has 0 saturated heterocycles. The van der Waals surface area contributed by atoms with E-state index < -0.39 is 0 Å². The van der Waals surface area contributed by atoms with Crippen LogP contribution in [0, 0.1) is 6.92 Å². The molecule has 0 aliphatic carbocycles. The number of carbonyl (C=O) groups is 1. The Balaban J connectivity index is 2.19. The number of rotatable bonds is 2. The van der Waals surface area contributed by atoms with Crippen LogP contribution >= 0.6 is 15.9 Å². The first-order chi connectivity index (χ1) is 8.08. The molecule has 0 aliphatic heterocycles. The topological polar surface area (TPSA) is 46.9 Å². The van der Waals surface area contributed by atoms with Gasteiger partial charge in [-0.3, -0.25) is 4.79 Å². The summed E-state index contributed by atoms with van der Waals surface area (Å²) < 4.78 is 2.71. The first-order valence-corrected chi connectivity index (χ1v) is 5.91. The van der Waals surface area contributed by atoms with Gasteiger partial charge in [0.05, 0.1) is 12.5 Å². The monoisotopic (exact) mass is 293 g/mol. The minimum atomic E-state index is -0.160. The summed E-state index contributed by atoms with van der Waals surface area (Å²) in [7, 11) is 1.79. The van der Waals surface area contributed by atoms with Crippen molar-refractivity contribution in [1.29, 1.82) is 0 Å². The van der Waals surface area contributed by atoms with Crippen molar-refractivity contribution < 1.29 is 4.79 Å². The predicted octanol–water partition coefficient (Wildman–Crippen LogP) is 2.74. The Labute approximate surface area is 108 Å². The lowest BCUT2D eigenvalue weighted by atomic mass is 10.2. The molecule has 0 radical (unpaired) electrons. The van der Waals surface area contributed by atoms with Gasteiger partial charge in [0.2, 0.25) is 0 Å². The maximum atomic E-state index is 11.9. The van der Waals surface area contributed by atoms with Crippen molar-refractivity contribution in [2.75, 3.05) is 5.32 Å². The van der Waals surface area contributed by atoms with E-state index in [4.69, 9.17) is 0 Å². The van der Waals surface area contributed by atoms with Crippen molar-refractivity contribution in [2.24, 2.45) is 7.05 Å². The van der Waals surface area contributed by atoms with Crippen molar-refractivity contribution in [3.05, 3.63) is 46.5 Å². The minimum absolute atomic E-state index is 0.160. The Morgan fingerprint density at radius 3 is 2.82 bits per heavy atom. The zero-order valence-electron chi connectivity index (χ0n) is 9.57. The number of nitrogens with zero attached hydrogens (tertiary/aromatic N) is 2. The molecular formula is C12H12BrN3O. The largest absolute Gasteiger partial charge is 0.330 e. The van der Waals surface area contributed by atoms with Crippen molar-refractivity contribution in [3.63, 3.8) is 0 Å². The molecule has 0 unspecified atom stereocenters. The summed E-state index contributed by atoms with van der Waals surface area (Å²) in [5.41, 5.74) is 2.38. The molecule has 2 aromatic rings. The SMILES string of the molecule is Cc1cc(NC(=O)c2cncn2C)ccc1Br. The van der Waals surface area contributed by atoms with Gasteiger partial charge in [-0.05, 0) is 30.7 Å². The number of anilines is 1. The summed E-state index contributed by atoms with van der Waals surface area (Å²) in [6.45, 7) is 1.98. The lowest BCUT2D eigenvalue weighted by molar-refractivity contribution is 0.101. The highest BCUT2D eigenvalue weighted by atomic mass is 79.9. The molecule has 0 bridgehead atoms. The number of halogens is 1. The summed E-state index contributed by atoms with van der Waals surface area (Å²) in [6.07, 6.45) is 3.14. The maximum Gasteiger partial charge on any atom is 0.273 e. The number of hydrogen-bond acceptors (Lipinski definition) is 2. The first kappa shape index (κ1) is 11.9. The van der Waals surface area contributed by atoms with E-state index in [-0.39, 0.29) is 5.91 Å². The Bertz CT molecular complexity index is 563. The Kier molecular flexibility index (Phi) is 3.28. The van der Waals surface area contributed by atoms with E-state index in [1.807, 2.05) is 25.1 Å². The minimum Gasteiger partial charge on any atom is -0.330 e. The molecule has 0 atom stereocenters. The standard InChI is InChI=1S/C12H12BrN3O/c1-8-5-9(3-4-10(8)13)15-12(17)11-6-14-7-16(11)2/h3-7H,1-2H3,(H,15,17). The molecule has 4 nitrogen and oxygen atoms in total. The summed E-state index contributed by atoms with van der Waals surface area (Å²) in [6, 6.07) is 5.68. The summed E-state index contributed by atoms with van der Waals surface area (Å²) in [5, 5.41) is 2.83. The van der Waals surface area contributed by atoms with Crippen molar-refractivity contribution in [1.82, 2.24) is 9.55 Å². The number of amides is 1. The molecule has 0 fully saturated rings. The molecule has 1 N–H and O–H groups in total. The van der Waals surface area contributed by atoms with Gasteiger partial charge in [0, 0.05) is 17.2 Å². The highest BCUT2D eigenvalue weighted by molar-refractivity contribution is 9.10. The quantitative estimate of drug-likeness (QED) is 0.925. The smallest absolute Gasteiger partial charge is 0.273 e. The van der Waals surface area contributed by atoms with Crippen LogP contribution in [0.5, 0.6) is 0 Å². The Morgan fingerprint density at radius 1 is 1.47 bits per heavy atom. The fraction of sp³-hybridized carbons (Fsp3) is 0.167. The third kappa shape index (κ3) is 2.55. The van der Waals surface area contributed by atoms with Crippen LogP contribution < -0.4 is 5.32 Å². The van der Waals surface area contributed by atoms with Gasteiger partial charge in [0.25, 0.3) is 5.91 Å². The molecule has 1 aromatic carbocycles. The van der Waals surface area contributed by atoms with Gasteiger partial charge in [-0.25, -0.2) is 4.98 Å². The van der Waals surface area contributed by atoms with E-state index in [1.54, 1.807) is 24.1 Å². The number of hydrogen-bond donors (Lipinski definition) is 1. The second kappa shape index (κ2) is 4.71. The molecule has 2 rings (SSSR count). The zero-order valence-corrected chi connectivity index (χ0v) is 11.2. The maximum absolute atomic E-state index is 11.9. The summed E-state index contributed by atoms with van der Waals surface area (Å²) in [5.74, 6) is -0.160. The van der Waals surface area contributed by atoms with E-state index in [9.17, 15) is 4.79 Å². The fourth-order valence-electron chi connectivity index (χ4n) is 1.49. The van der Waals surface area contributed by atoms with Crippen LogP contribution in [0.1, 0.15) is 16.1 Å². The van der Waals surface area contributed by atoms with E-state index in [0.717, 1.165) is 15.7 Å². The molecule has 1 aromatic heterocycles. The average molecular weight is 294 g/mol.